The lowest BCUT2D eigenvalue weighted by Crippen LogP contribution is -2.59. The first-order chi connectivity index (χ1) is 12.4. The van der Waals surface area contributed by atoms with Crippen LogP contribution < -0.4 is 16.8 Å². The maximum Gasteiger partial charge on any atom is 0.434 e. The molecule has 1 heterocycles. The molecule has 3 rings (SSSR count). The van der Waals surface area contributed by atoms with Crippen molar-refractivity contribution in [3.63, 3.8) is 0 Å². The molecular formula is C17H20F4N4O2. The average molecular weight is 388 g/mol. The van der Waals surface area contributed by atoms with E-state index in [2.05, 4.69) is 10.4 Å². The first kappa shape index (κ1) is 19.4. The van der Waals surface area contributed by atoms with E-state index in [4.69, 9.17) is 10.2 Å². The van der Waals surface area contributed by atoms with Crippen LogP contribution in [0.4, 0.5) is 23.2 Å². The molecule has 1 aromatic heterocycles. The van der Waals surface area contributed by atoms with E-state index in [0.717, 1.165) is 6.07 Å². The quantitative estimate of drug-likeness (QED) is 0.698. The van der Waals surface area contributed by atoms with Crippen LogP contribution in [0.1, 0.15) is 32.8 Å². The van der Waals surface area contributed by atoms with E-state index in [9.17, 15) is 22.4 Å². The second-order valence-corrected chi connectivity index (χ2v) is 7.50. The van der Waals surface area contributed by atoms with E-state index in [1.807, 2.05) is 18.9 Å². The van der Waals surface area contributed by atoms with Gasteiger partial charge >= 0.3 is 11.9 Å². The predicted molar refractivity (Wildman–Crippen MR) is 90.5 cm³/mol. The Morgan fingerprint density at radius 3 is 2.56 bits per heavy atom. The Labute approximate surface area is 152 Å². The molecule has 1 fully saturated rings. The van der Waals surface area contributed by atoms with Gasteiger partial charge in [0, 0.05) is 17.6 Å². The lowest BCUT2D eigenvalue weighted by Gasteiger charge is -2.53. The van der Waals surface area contributed by atoms with Gasteiger partial charge in [0.1, 0.15) is 11.4 Å². The van der Waals surface area contributed by atoms with E-state index in [0.29, 0.717) is 12.5 Å². The Kier molecular flexibility index (Phi) is 4.57. The number of aromatic nitrogens is 2. The number of benzene rings is 1. The fourth-order valence-corrected chi connectivity index (χ4v) is 3.68. The van der Waals surface area contributed by atoms with Gasteiger partial charge in [-0.05, 0) is 36.8 Å². The van der Waals surface area contributed by atoms with Crippen LogP contribution in [0.25, 0.3) is 11.5 Å². The van der Waals surface area contributed by atoms with Gasteiger partial charge < -0.3 is 15.5 Å². The Bertz CT molecular complexity index is 903. The van der Waals surface area contributed by atoms with Crippen LogP contribution in [-0.4, -0.2) is 22.3 Å². The van der Waals surface area contributed by atoms with E-state index in [-0.39, 0.29) is 34.9 Å². The number of anilines is 1. The van der Waals surface area contributed by atoms with Crippen LogP contribution >= 0.6 is 0 Å². The van der Waals surface area contributed by atoms with Crippen LogP contribution in [0.15, 0.2) is 21.3 Å². The maximum absolute atomic E-state index is 14.3. The van der Waals surface area contributed by atoms with Crippen LogP contribution in [-0.2, 0) is 6.18 Å². The summed E-state index contributed by atoms with van der Waals surface area (Å²) in [6.45, 7) is 5.63. The summed E-state index contributed by atoms with van der Waals surface area (Å²) < 4.78 is 59.3. The number of hydrogen-bond donors (Lipinski definition) is 3. The lowest BCUT2D eigenvalue weighted by molar-refractivity contribution is -0.139. The molecule has 10 heteroatoms. The number of H-pyrrole nitrogens is 1. The number of nitrogens with zero attached hydrogens (tertiary/aromatic N) is 1. The SMILES string of the molecule is CC(Nc1cc(-c2n[nH]c(=O)o2)cc(F)c1C(F)(F)F)[C@H]1C[C@@H](N)C1(C)C. The standard InChI is InChI=1S/C17H20F4N4O2/c1-7(9-6-12(22)16(9,2)3)23-11-5-8(14-24-25-15(26)27-14)4-10(18)13(11)17(19,20)21/h4-5,7,9,12,23H,6,22H2,1-3H3,(H,25,26)/t7?,9-,12-/m1/s1. The smallest absolute Gasteiger partial charge is 0.388 e. The van der Waals surface area contributed by atoms with Crippen molar-refractivity contribution >= 4 is 5.69 Å². The highest BCUT2D eigenvalue weighted by Crippen LogP contribution is 2.48. The van der Waals surface area contributed by atoms with Crippen molar-refractivity contribution in [1.82, 2.24) is 10.2 Å². The number of hydrogen-bond acceptors (Lipinski definition) is 5. The molecule has 1 unspecified atom stereocenters. The number of alkyl halides is 3. The van der Waals surface area contributed by atoms with Gasteiger partial charge in [-0.1, -0.05) is 13.8 Å². The summed E-state index contributed by atoms with van der Waals surface area (Å²) in [6, 6.07) is 1.28. The maximum atomic E-state index is 14.3. The first-order valence-corrected chi connectivity index (χ1v) is 8.40. The van der Waals surface area contributed by atoms with Crippen molar-refractivity contribution in [2.75, 3.05) is 5.32 Å². The normalized spacial score (nSPS) is 23.0. The number of nitrogens with two attached hydrogens (primary N) is 1. The van der Waals surface area contributed by atoms with Crippen LogP contribution in [0.5, 0.6) is 0 Å². The summed E-state index contributed by atoms with van der Waals surface area (Å²) in [7, 11) is 0. The van der Waals surface area contributed by atoms with Crippen LogP contribution in [0.2, 0.25) is 0 Å². The summed E-state index contributed by atoms with van der Waals surface area (Å²) in [4.78, 5) is 11.1. The zero-order valence-electron chi connectivity index (χ0n) is 14.9. The molecule has 6 nitrogen and oxygen atoms in total. The predicted octanol–water partition coefficient (Wildman–Crippen LogP) is 3.36. The summed E-state index contributed by atoms with van der Waals surface area (Å²) >= 11 is 0. The third-order valence-corrected chi connectivity index (χ3v) is 5.46. The van der Waals surface area contributed by atoms with Gasteiger partial charge in [0.25, 0.3) is 0 Å². The molecule has 1 aromatic carbocycles. The number of aromatic amines is 1. The molecule has 1 aliphatic rings. The van der Waals surface area contributed by atoms with Crippen LogP contribution in [0.3, 0.4) is 0 Å². The highest BCUT2D eigenvalue weighted by Gasteiger charge is 2.49. The van der Waals surface area contributed by atoms with Crippen LogP contribution in [0, 0.1) is 17.2 Å². The molecule has 2 aromatic rings. The summed E-state index contributed by atoms with van der Waals surface area (Å²) in [5.74, 6) is -2.65. The molecule has 1 aliphatic carbocycles. The molecule has 0 bridgehead atoms. The highest BCUT2D eigenvalue weighted by molar-refractivity contribution is 5.66. The van der Waals surface area contributed by atoms with E-state index >= 15 is 0 Å². The van der Waals surface area contributed by atoms with E-state index in [1.54, 1.807) is 6.92 Å². The average Bonchev–Trinajstić information content (AvgIpc) is 2.97. The zero-order chi connectivity index (χ0) is 20.1. The molecule has 0 amide bonds. The molecule has 0 saturated heterocycles. The summed E-state index contributed by atoms with van der Waals surface area (Å²) in [6.07, 6.45) is -4.25. The minimum atomic E-state index is -4.90. The van der Waals surface area contributed by atoms with E-state index < -0.39 is 29.0 Å². The minimum Gasteiger partial charge on any atom is -0.388 e. The topological polar surface area (TPSA) is 96.9 Å². The second-order valence-electron chi connectivity index (χ2n) is 7.50. The van der Waals surface area contributed by atoms with Gasteiger partial charge in [-0.2, -0.15) is 13.2 Å². The van der Waals surface area contributed by atoms with Crippen molar-refractivity contribution in [2.24, 2.45) is 17.1 Å². The Morgan fingerprint density at radius 1 is 1.41 bits per heavy atom. The van der Waals surface area contributed by atoms with Crippen molar-refractivity contribution in [3.05, 3.63) is 34.1 Å². The molecule has 1 saturated carbocycles. The third kappa shape index (κ3) is 3.45. The minimum absolute atomic E-state index is 0.0172. The lowest BCUT2D eigenvalue weighted by atomic mass is 9.56. The highest BCUT2D eigenvalue weighted by atomic mass is 19.4. The Balaban J connectivity index is 2.01. The Morgan fingerprint density at radius 2 is 2.07 bits per heavy atom. The number of halogens is 4. The van der Waals surface area contributed by atoms with Gasteiger partial charge in [0.05, 0.1) is 5.69 Å². The van der Waals surface area contributed by atoms with Crippen molar-refractivity contribution < 1.29 is 22.0 Å². The van der Waals surface area contributed by atoms with Gasteiger partial charge in [0.2, 0.25) is 5.89 Å². The van der Waals surface area contributed by atoms with Crippen molar-refractivity contribution in [1.29, 1.82) is 0 Å². The fraction of sp³-hybridized carbons (Fsp3) is 0.529. The summed E-state index contributed by atoms with van der Waals surface area (Å²) in [5.41, 5.74) is 3.80. The largest absolute Gasteiger partial charge is 0.434 e. The monoisotopic (exact) mass is 388 g/mol. The van der Waals surface area contributed by atoms with Crippen molar-refractivity contribution in [2.45, 2.75) is 45.5 Å². The fourth-order valence-electron chi connectivity index (χ4n) is 3.68. The molecule has 148 valence electrons. The molecule has 4 N–H and O–H groups in total. The zero-order valence-corrected chi connectivity index (χ0v) is 14.9. The first-order valence-electron chi connectivity index (χ1n) is 8.40. The molecule has 27 heavy (non-hydrogen) atoms. The molecule has 0 spiro atoms. The Hall–Kier alpha value is -2.36. The molecule has 0 radical (unpaired) electrons. The third-order valence-electron chi connectivity index (χ3n) is 5.46. The van der Waals surface area contributed by atoms with Gasteiger partial charge in [-0.25, -0.2) is 14.3 Å². The van der Waals surface area contributed by atoms with Gasteiger partial charge in [0.15, 0.2) is 0 Å². The molecule has 3 atom stereocenters. The summed E-state index contributed by atoms with van der Waals surface area (Å²) in [5, 5.41) is 8.31. The van der Waals surface area contributed by atoms with E-state index in [1.165, 1.54) is 0 Å². The van der Waals surface area contributed by atoms with Crippen molar-refractivity contribution in [3.8, 4) is 11.5 Å². The van der Waals surface area contributed by atoms with Gasteiger partial charge in [-0.3, -0.25) is 0 Å². The molecule has 0 aliphatic heterocycles. The van der Waals surface area contributed by atoms with Gasteiger partial charge in [-0.15, -0.1) is 5.10 Å². The second kappa shape index (κ2) is 6.36. The number of nitrogens with one attached hydrogen (secondary N) is 2. The molecular weight excluding hydrogens is 368 g/mol. The number of rotatable bonds is 4.